The third-order valence-electron chi connectivity index (χ3n) is 3.54. The van der Waals surface area contributed by atoms with Crippen molar-refractivity contribution in [3.8, 4) is 0 Å². The van der Waals surface area contributed by atoms with Gasteiger partial charge in [0.05, 0.1) is 5.60 Å². The number of aliphatic hydroxyl groups is 1. The predicted molar refractivity (Wildman–Crippen MR) is 62.6 cm³/mol. The SMILES string of the molecule is C=C(C)C(O)OC1(C(C)(C)C)CCCC1. The van der Waals surface area contributed by atoms with E-state index in [4.69, 9.17) is 4.74 Å². The lowest BCUT2D eigenvalue weighted by Gasteiger charge is -2.43. The average molecular weight is 212 g/mol. The van der Waals surface area contributed by atoms with E-state index in [-0.39, 0.29) is 11.0 Å². The van der Waals surface area contributed by atoms with Crippen LogP contribution in [0, 0.1) is 5.41 Å². The molecule has 0 amide bonds. The molecule has 15 heavy (non-hydrogen) atoms. The molecular weight excluding hydrogens is 188 g/mol. The zero-order chi connectivity index (χ0) is 11.7. The fourth-order valence-corrected chi connectivity index (χ4v) is 2.31. The summed E-state index contributed by atoms with van der Waals surface area (Å²) in [5.74, 6) is 0. The van der Waals surface area contributed by atoms with E-state index < -0.39 is 6.29 Å². The van der Waals surface area contributed by atoms with E-state index in [0.29, 0.717) is 5.57 Å². The molecule has 0 radical (unpaired) electrons. The molecule has 1 aliphatic carbocycles. The molecule has 0 heterocycles. The zero-order valence-corrected chi connectivity index (χ0v) is 10.5. The first-order valence-electron chi connectivity index (χ1n) is 5.80. The van der Waals surface area contributed by atoms with Gasteiger partial charge in [-0.1, -0.05) is 40.2 Å². The quantitative estimate of drug-likeness (QED) is 0.575. The Hall–Kier alpha value is -0.340. The number of hydrogen-bond acceptors (Lipinski definition) is 2. The van der Waals surface area contributed by atoms with Crippen LogP contribution >= 0.6 is 0 Å². The van der Waals surface area contributed by atoms with Gasteiger partial charge < -0.3 is 9.84 Å². The van der Waals surface area contributed by atoms with Crippen LogP contribution in [0.3, 0.4) is 0 Å². The van der Waals surface area contributed by atoms with Gasteiger partial charge in [0, 0.05) is 0 Å². The second kappa shape index (κ2) is 4.26. The highest BCUT2D eigenvalue weighted by Gasteiger charge is 2.46. The smallest absolute Gasteiger partial charge is 0.177 e. The molecule has 1 N–H and O–H groups in total. The van der Waals surface area contributed by atoms with Crippen LogP contribution in [-0.4, -0.2) is 17.0 Å². The van der Waals surface area contributed by atoms with Crippen molar-refractivity contribution in [3.05, 3.63) is 12.2 Å². The van der Waals surface area contributed by atoms with Crippen molar-refractivity contribution in [2.75, 3.05) is 0 Å². The minimum Gasteiger partial charge on any atom is -0.364 e. The fraction of sp³-hybridized carbons (Fsp3) is 0.846. The van der Waals surface area contributed by atoms with Crippen molar-refractivity contribution in [2.24, 2.45) is 5.41 Å². The zero-order valence-electron chi connectivity index (χ0n) is 10.5. The summed E-state index contributed by atoms with van der Waals surface area (Å²) in [6.45, 7) is 12.1. The normalized spacial score (nSPS) is 22.7. The molecule has 1 aliphatic rings. The number of hydrogen-bond donors (Lipinski definition) is 1. The van der Waals surface area contributed by atoms with Crippen LogP contribution in [0.1, 0.15) is 53.4 Å². The summed E-state index contributed by atoms with van der Waals surface area (Å²) in [5.41, 5.74) is 0.580. The maximum Gasteiger partial charge on any atom is 0.177 e. The van der Waals surface area contributed by atoms with E-state index >= 15 is 0 Å². The third kappa shape index (κ3) is 2.61. The largest absolute Gasteiger partial charge is 0.364 e. The number of aliphatic hydroxyl groups excluding tert-OH is 1. The molecule has 0 aromatic heterocycles. The molecule has 1 rings (SSSR count). The predicted octanol–water partition coefficient (Wildman–Crippen LogP) is 3.26. The topological polar surface area (TPSA) is 29.5 Å². The first kappa shape index (κ1) is 12.7. The molecule has 0 bridgehead atoms. The van der Waals surface area contributed by atoms with E-state index in [9.17, 15) is 5.11 Å². The minimum atomic E-state index is -0.817. The number of ether oxygens (including phenoxy) is 1. The van der Waals surface area contributed by atoms with E-state index in [2.05, 4.69) is 27.4 Å². The highest BCUT2D eigenvalue weighted by molar-refractivity contribution is 5.00. The molecule has 0 aromatic rings. The van der Waals surface area contributed by atoms with Crippen LogP contribution in [0.2, 0.25) is 0 Å². The van der Waals surface area contributed by atoms with Crippen molar-refractivity contribution < 1.29 is 9.84 Å². The molecule has 0 saturated heterocycles. The second-order valence-electron chi connectivity index (χ2n) is 5.77. The first-order valence-corrected chi connectivity index (χ1v) is 5.80. The molecule has 0 aromatic carbocycles. The van der Waals surface area contributed by atoms with Crippen LogP contribution in [0.4, 0.5) is 0 Å². The van der Waals surface area contributed by atoms with E-state index in [1.165, 1.54) is 12.8 Å². The molecule has 1 fully saturated rings. The van der Waals surface area contributed by atoms with Crippen LogP contribution in [0.15, 0.2) is 12.2 Å². The number of rotatable bonds is 3. The van der Waals surface area contributed by atoms with Gasteiger partial charge >= 0.3 is 0 Å². The molecule has 1 saturated carbocycles. The van der Waals surface area contributed by atoms with Gasteiger partial charge in [0.2, 0.25) is 0 Å². The van der Waals surface area contributed by atoms with Gasteiger partial charge in [-0.2, -0.15) is 0 Å². The Bertz CT molecular complexity index is 231. The van der Waals surface area contributed by atoms with Crippen LogP contribution < -0.4 is 0 Å². The lowest BCUT2D eigenvalue weighted by atomic mass is 9.75. The summed E-state index contributed by atoms with van der Waals surface area (Å²) in [6.07, 6.45) is 3.66. The lowest BCUT2D eigenvalue weighted by molar-refractivity contribution is -0.203. The minimum absolute atomic E-state index is 0.0694. The Morgan fingerprint density at radius 1 is 1.33 bits per heavy atom. The summed E-state index contributed by atoms with van der Waals surface area (Å²) >= 11 is 0. The average Bonchev–Trinajstić information content (AvgIpc) is 2.52. The lowest BCUT2D eigenvalue weighted by Crippen LogP contribution is -2.45. The maximum absolute atomic E-state index is 9.79. The molecule has 0 spiro atoms. The molecular formula is C13H24O2. The van der Waals surface area contributed by atoms with E-state index in [1.54, 1.807) is 6.92 Å². The summed E-state index contributed by atoms with van der Waals surface area (Å²) in [5, 5.41) is 9.79. The molecule has 88 valence electrons. The Balaban J connectivity index is 2.79. The van der Waals surface area contributed by atoms with Crippen molar-refractivity contribution in [1.29, 1.82) is 0 Å². The van der Waals surface area contributed by atoms with Crippen molar-refractivity contribution in [3.63, 3.8) is 0 Å². The molecule has 2 nitrogen and oxygen atoms in total. The van der Waals surface area contributed by atoms with Crippen LogP contribution in [0.5, 0.6) is 0 Å². The Morgan fingerprint density at radius 3 is 2.13 bits per heavy atom. The standard InChI is InChI=1S/C13H24O2/c1-10(2)11(14)15-13(12(3,4)5)8-6-7-9-13/h11,14H,1,6-9H2,2-5H3. The summed E-state index contributed by atoms with van der Waals surface area (Å²) < 4.78 is 5.88. The summed E-state index contributed by atoms with van der Waals surface area (Å²) in [6, 6.07) is 0. The van der Waals surface area contributed by atoms with E-state index in [0.717, 1.165) is 12.8 Å². The fourth-order valence-electron chi connectivity index (χ4n) is 2.31. The van der Waals surface area contributed by atoms with Gasteiger partial charge in [0.25, 0.3) is 0 Å². The monoisotopic (exact) mass is 212 g/mol. The van der Waals surface area contributed by atoms with Gasteiger partial charge in [0.15, 0.2) is 6.29 Å². The maximum atomic E-state index is 9.79. The summed E-state index contributed by atoms with van der Waals surface area (Å²) in [7, 11) is 0. The Labute approximate surface area is 93.3 Å². The highest BCUT2D eigenvalue weighted by atomic mass is 16.6. The van der Waals surface area contributed by atoms with Crippen LogP contribution in [-0.2, 0) is 4.74 Å². The highest BCUT2D eigenvalue weighted by Crippen LogP contribution is 2.47. The Morgan fingerprint density at radius 2 is 1.80 bits per heavy atom. The molecule has 2 heteroatoms. The van der Waals surface area contributed by atoms with Crippen molar-refractivity contribution >= 4 is 0 Å². The molecule has 1 atom stereocenters. The van der Waals surface area contributed by atoms with E-state index in [1.807, 2.05) is 0 Å². The van der Waals surface area contributed by atoms with Gasteiger partial charge in [0.1, 0.15) is 0 Å². The van der Waals surface area contributed by atoms with Gasteiger partial charge in [-0.15, -0.1) is 0 Å². The molecule has 1 unspecified atom stereocenters. The second-order valence-corrected chi connectivity index (χ2v) is 5.77. The summed E-state index contributed by atoms with van der Waals surface area (Å²) in [4.78, 5) is 0. The van der Waals surface area contributed by atoms with Crippen molar-refractivity contribution in [2.45, 2.75) is 65.3 Å². The van der Waals surface area contributed by atoms with Gasteiger partial charge in [-0.05, 0) is 30.8 Å². The van der Waals surface area contributed by atoms with Crippen LogP contribution in [0.25, 0.3) is 0 Å². The van der Waals surface area contributed by atoms with Crippen molar-refractivity contribution in [1.82, 2.24) is 0 Å². The van der Waals surface area contributed by atoms with Gasteiger partial charge in [-0.3, -0.25) is 0 Å². The third-order valence-corrected chi connectivity index (χ3v) is 3.54. The molecule has 0 aliphatic heterocycles. The Kier molecular flexibility index (Phi) is 3.62. The first-order chi connectivity index (χ1) is 6.78. The van der Waals surface area contributed by atoms with Gasteiger partial charge in [-0.25, -0.2) is 0 Å².